The van der Waals surface area contributed by atoms with Crippen molar-refractivity contribution < 1.29 is 41.0 Å². The van der Waals surface area contributed by atoms with Crippen molar-refractivity contribution in [2.45, 2.75) is 82.3 Å². The Morgan fingerprint density at radius 3 is 2.05 bits per heavy atom. The fourth-order valence-corrected chi connectivity index (χ4v) is 6.41. The minimum absolute atomic E-state index is 0.0173. The summed E-state index contributed by atoms with van der Waals surface area (Å²) in [6, 6.07) is 7.16. The van der Waals surface area contributed by atoms with Crippen molar-refractivity contribution in [2.75, 3.05) is 13.1 Å². The van der Waals surface area contributed by atoms with E-state index < -0.39 is 47.0 Å². The molecule has 0 aromatic heterocycles. The monoisotopic (exact) mass is 569 g/mol. The number of carbonyl (C=O) groups is 1. The molecule has 0 radical (unpaired) electrons. The number of likely N-dealkylation sites (tertiary alicyclic amines) is 1. The molecule has 1 saturated heterocycles. The van der Waals surface area contributed by atoms with Gasteiger partial charge in [-0.2, -0.15) is 26.3 Å². The van der Waals surface area contributed by atoms with Gasteiger partial charge in [0.25, 0.3) is 0 Å². The first-order valence-corrected chi connectivity index (χ1v) is 13.7. The number of piperidine rings is 1. The van der Waals surface area contributed by atoms with Gasteiger partial charge in [-0.25, -0.2) is 0 Å². The van der Waals surface area contributed by atoms with Crippen LogP contribution in [0, 0.1) is 11.8 Å². The third kappa shape index (κ3) is 5.83. The largest absolute Gasteiger partial charge is 0.487 e. The molecule has 40 heavy (non-hydrogen) atoms. The van der Waals surface area contributed by atoms with Crippen LogP contribution in [0.15, 0.2) is 36.4 Å². The zero-order chi connectivity index (χ0) is 29.0. The summed E-state index contributed by atoms with van der Waals surface area (Å²) in [4.78, 5) is 13.7. The number of halogens is 6. The van der Waals surface area contributed by atoms with Crippen LogP contribution < -0.4 is 4.74 Å². The number of rotatable bonds is 6. The highest BCUT2D eigenvalue weighted by Gasteiger charge is 2.43. The molecule has 1 N–H and O–H groups in total. The highest BCUT2D eigenvalue weighted by atomic mass is 19.4. The van der Waals surface area contributed by atoms with Crippen molar-refractivity contribution in [1.29, 1.82) is 0 Å². The van der Waals surface area contributed by atoms with Gasteiger partial charge < -0.3 is 9.84 Å². The van der Waals surface area contributed by atoms with Crippen LogP contribution in [0.25, 0.3) is 0 Å². The van der Waals surface area contributed by atoms with Gasteiger partial charge in [0.1, 0.15) is 11.4 Å². The number of hydrogen-bond donors (Lipinski definition) is 1. The van der Waals surface area contributed by atoms with E-state index in [1.165, 1.54) is 0 Å². The van der Waals surface area contributed by atoms with E-state index in [4.69, 9.17) is 4.74 Å². The number of nitrogens with zero attached hydrogens (tertiary/aromatic N) is 1. The molecule has 2 unspecified atom stereocenters. The molecular formula is C30H33F6NO3. The molecule has 0 bridgehead atoms. The van der Waals surface area contributed by atoms with Crippen LogP contribution in [0.3, 0.4) is 0 Å². The fraction of sp³-hybridized carbons (Fsp3) is 0.567. The number of fused-ring (bicyclic) bond motifs is 1. The lowest BCUT2D eigenvalue weighted by atomic mass is 9.80. The van der Waals surface area contributed by atoms with Gasteiger partial charge in [0.2, 0.25) is 0 Å². The maximum absolute atomic E-state index is 13.4. The number of ether oxygens (including phenoxy) is 1. The Morgan fingerprint density at radius 1 is 0.925 bits per heavy atom. The molecule has 4 nitrogen and oxygen atoms in total. The molecule has 2 fully saturated rings. The number of carboxylic acid groups (broad SMARTS) is 1. The summed E-state index contributed by atoms with van der Waals surface area (Å²) in [6.07, 6.45) is -5.02. The fourth-order valence-electron chi connectivity index (χ4n) is 6.41. The van der Waals surface area contributed by atoms with Gasteiger partial charge in [0.05, 0.1) is 17.0 Å². The molecule has 2 aromatic rings. The lowest BCUT2D eigenvalue weighted by Crippen LogP contribution is -2.50. The topological polar surface area (TPSA) is 49.8 Å². The van der Waals surface area contributed by atoms with Gasteiger partial charge in [-0.05, 0) is 98.2 Å². The summed E-state index contributed by atoms with van der Waals surface area (Å²) >= 11 is 0. The van der Waals surface area contributed by atoms with Crippen LogP contribution >= 0.6 is 0 Å². The Labute approximate surface area is 229 Å². The first-order valence-electron chi connectivity index (χ1n) is 13.7. The SMILES string of the molecule is CC(c1cc(C(F)(F)F)cc(C(F)(F)F)c1)N1CCC2(CCc3ccc(C(C4CC4)[C@H](C)C(=O)O)cc3O2)CC1. The highest BCUT2D eigenvalue weighted by Crippen LogP contribution is 2.49. The number of alkyl halides is 6. The first kappa shape index (κ1) is 28.8. The lowest BCUT2D eigenvalue weighted by Gasteiger charge is -2.46. The van der Waals surface area contributed by atoms with Gasteiger partial charge in [0, 0.05) is 19.1 Å². The van der Waals surface area contributed by atoms with Crippen LogP contribution in [-0.4, -0.2) is 34.7 Å². The summed E-state index contributed by atoms with van der Waals surface area (Å²) in [5.41, 5.74) is -1.07. The predicted molar refractivity (Wildman–Crippen MR) is 136 cm³/mol. The van der Waals surface area contributed by atoms with Crippen LogP contribution in [0.2, 0.25) is 0 Å². The normalized spacial score (nSPS) is 21.8. The summed E-state index contributed by atoms with van der Waals surface area (Å²) < 4.78 is 86.9. The van der Waals surface area contributed by atoms with Crippen molar-refractivity contribution in [3.63, 3.8) is 0 Å². The molecule has 2 aromatic carbocycles. The second-order valence-electron chi connectivity index (χ2n) is 11.7. The van der Waals surface area contributed by atoms with E-state index >= 15 is 0 Å². The summed E-state index contributed by atoms with van der Waals surface area (Å²) in [6.45, 7) is 4.31. The van der Waals surface area contributed by atoms with Crippen LogP contribution in [-0.2, 0) is 23.6 Å². The van der Waals surface area contributed by atoms with Gasteiger partial charge in [-0.1, -0.05) is 19.1 Å². The third-order valence-electron chi connectivity index (χ3n) is 9.06. The molecule has 1 saturated carbocycles. The Bertz CT molecular complexity index is 1230. The number of aryl methyl sites for hydroxylation is 1. The minimum Gasteiger partial charge on any atom is -0.487 e. The Kier molecular flexibility index (Phi) is 7.38. The van der Waals surface area contributed by atoms with E-state index in [9.17, 15) is 36.2 Å². The van der Waals surface area contributed by atoms with E-state index in [1.807, 2.05) is 23.1 Å². The second kappa shape index (κ2) is 10.3. The van der Waals surface area contributed by atoms with Crippen LogP contribution in [0.1, 0.15) is 85.7 Å². The van der Waals surface area contributed by atoms with Crippen molar-refractivity contribution in [1.82, 2.24) is 4.90 Å². The second-order valence-corrected chi connectivity index (χ2v) is 11.7. The van der Waals surface area contributed by atoms with Gasteiger partial charge in [0.15, 0.2) is 0 Å². The standard InChI is InChI=1S/C30H33F6NO3/c1-17(27(38)39)26(20-4-5-20)21-6-3-19-7-8-28(40-25(19)15-21)9-11-37(12-10-28)18(2)22-13-23(29(31,32)33)16-24(14-22)30(34,35)36/h3,6,13-18,20,26H,4-5,7-12H2,1-2H3,(H,38,39)/t17-,18?,26?/m0/s1. The summed E-state index contributed by atoms with van der Waals surface area (Å²) in [7, 11) is 0. The third-order valence-corrected chi connectivity index (χ3v) is 9.06. The van der Waals surface area contributed by atoms with Crippen LogP contribution in [0.5, 0.6) is 5.75 Å². The lowest BCUT2D eigenvalue weighted by molar-refractivity contribution is -0.144. The van der Waals surface area contributed by atoms with Crippen molar-refractivity contribution in [3.05, 3.63) is 64.2 Å². The molecule has 1 aliphatic carbocycles. The molecule has 218 valence electrons. The Hall–Kier alpha value is -2.75. The Morgan fingerprint density at radius 2 is 1.52 bits per heavy atom. The molecule has 3 atom stereocenters. The quantitative estimate of drug-likeness (QED) is 0.360. The van der Waals surface area contributed by atoms with Crippen molar-refractivity contribution in [2.24, 2.45) is 11.8 Å². The molecular weight excluding hydrogens is 536 g/mol. The van der Waals surface area contributed by atoms with E-state index in [0.717, 1.165) is 54.7 Å². The van der Waals surface area contributed by atoms with E-state index in [0.29, 0.717) is 31.8 Å². The molecule has 2 aliphatic heterocycles. The number of hydrogen-bond acceptors (Lipinski definition) is 3. The Balaban J connectivity index is 1.32. The van der Waals surface area contributed by atoms with E-state index in [-0.39, 0.29) is 17.5 Å². The molecule has 10 heteroatoms. The maximum Gasteiger partial charge on any atom is 0.416 e. The van der Waals surface area contributed by atoms with Crippen molar-refractivity contribution >= 4 is 5.97 Å². The van der Waals surface area contributed by atoms with Gasteiger partial charge in [-0.3, -0.25) is 9.69 Å². The molecule has 1 spiro atoms. The average molecular weight is 570 g/mol. The summed E-state index contributed by atoms with van der Waals surface area (Å²) in [5, 5.41) is 9.64. The van der Waals surface area contributed by atoms with Gasteiger partial charge >= 0.3 is 18.3 Å². The molecule has 0 amide bonds. The van der Waals surface area contributed by atoms with Crippen LogP contribution in [0.4, 0.5) is 26.3 Å². The summed E-state index contributed by atoms with van der Waals surface area (Å²) in [5.74, 6) is -0.319. The zero-order valence-corrected chi connectivity index (χ0v) is 22.4. The highest BCUT2D eigenvalue weighted by molar-refractivity contribution is 5.71. The maximum atomic E-state index is 13.4. The minimum atomic E-state index is -4.88. The molecule has 3 aliphatic rings. The van der Waals surface area contributed by atoms with E-state index in [1.54, 1.807) is 13.8 Å². The average Bonchev–Trinajstić information content (AvgIpc) is 3.72. The zero-order valence-electron chi connectivity index (χ0n) is 22.4. The predicted octanol–water partition coefficient (Wildman–Crippen LogP) is 7.86. The number of benzene rings is 2. The van der Waals surface area contributed by atoms with Gasteiger partial charge in [-0.15, -0.1) is 0 Å². The first-order chi connectivity index (χ1) is 18.7. The number of aliphatic carboxylic acids is 1. The molecule has 5 rings (SSSR count). The number of carboxylic acids is 1. The van der Waals surface area contributed by atoms with Crippen molar-refractivity contribution in [3.8, 4) is 5.75 Å². The smallest absolute Gasteiger partial charge is 0.416 e. The van der Waals surface area contributed by atoms with E-state index in [2.05, 4.69) is 0 Å². The molecule has 2 heterocycles.